The Kier molecular flexibility index (Phi) is 7.20. The predicted octanol–water partition coefficient (Wildman–Crippen LogP) is 7.10. The lowest BCUT2D eigenvalue weighted by Crippen LogP contribution is -2.27. The summed E-state index contributed by atoms with van der Waals surface area (Å²) in [6.07, 6.45) is 1.80. The molecule has 4 rings (SSSR count). The minimum Gasteiger partial charge on any atom is -0.495 e. The van der Waals surface area contributed by atoms with Gasteiger partial charge in [0.2, 0.25) is 0 Å². The molecule has 0 saturated carbocycles. The minimum atomic E-state index is -0.201. The molecule has 3 aromatic rings. The fourth-order valence-corrected chi connectivity index (χ4v) is 4.92. The third-order valence-electron chi connectivity index (χ3n) is 4.69. The van der Waals surface area contributed by atoms with Gasteiger partial charge >= 0.3 is 0 Å². The van der Waals surface area contributed by atoms with Crippen molar-refractivity contribution in [3.8, 4) is 11.5 Å². The number of carbonyl (C=O) groups excluding carboxylic acids is 1. The van der Waals surface area contributed by atoms with Crippen LogP contribution in [0.3, 0.4) is 0 Å². The number of rotatable bonds is 6. The number of ether oxygens (including phenoxy) is 2. The average molecular weight is 547 g/mol. The van der Waals surface area contributed by atoms with Gasteiger partial charge in [0.15, 0.2) is 4.32 Å². The van der Waals surface area contributed by atoms with Crippen LogP contribution in [0.4, 0.5) is 5.69 Å². The Morgan fingerprint density at radius 1 is 1.09 bits per heavy atom. The summed E-state index contributed by atoms with van der Waals surface area (Å²) in [5.41, 5.74) is 2.38. The number of thiocarbonyl (C=S) groups is 1. The van der Waals surface area contributed by atoms with Crippen LogP contribution < -0.4 is 14.4 Å². The van der Waals surface area contributed by atoms with Crippen LogP contribution in [0, 0.1) is 0 Å². The second-order valence-electron chi connectivity index (χ2n) is 6.79. The van der Waals surface area contributed by atoms with Gasteiger partial charge in [-0.05, 0) is 54.1 Å². The number of hydrogen-bond acceptors (Lipinski definition) is 5. The van der Waals surface area contributed by atoms with E-state index in [0.29, 0.717) is 38.0 Å². The van der Waals surface area contributed by atoms with E-state index < -0.39 is 0 Å². The summed E-state index contributed by atoms with van der Waals surface area (Å²) in [7, 11) is 1.57. The summed E-state index contributed by atoms with van der Waals surface area (Å²) < 4.78 is 12.8. The highest BCUT2D eigenvalue weighted by atomic mass is 79.9. The molecule has 0 aliphatic carbocycles. The normalized spacial score (nSPS) is 14.8. The van der Waals surface area contributed by atoms with Crippen molar-refractivity contribution < 1.29 is 14.3 Å². The molecular formula is C24H17BrClNO3S2. The van der Waals surface area contributed by atoms with Crippen molar-refractivity contribution in [3.63, 3.8) is 0 Å². The molecule has 1 heterocycles. The molecule has 1 aliphatic heterocycles. The first-order valence-electron chi connectivity index (χ1n) is 9.54. The Morgan fingerprint density at radius 2 is 1.84 bits per heavy atom. The van der Waals surface area contributed by atoms with Crippen molar-refractivity contribution in [1.82, 2.24) is 0 Å². The van der Waals surface area contributed by atoms with Crippen LogP contribution >= 0.6 is 51.5 Å². The van der Waals surface area contributed by atoms with Crippen molar-refractivity contribution in [1.29, 1.82) is 0 Å². The van der Waals surface area contributed by atoms with Crippen LogP contribution in [0.15, 0.2) is 76.1 Å². The quantitative estimate of drug-likeness (QED) is 0.244. The molecule has 1 fully saturated rings. The van der Waals surface area contributed by atoms with E-state index in [1.165, 1.54) is 16.7 Å². The van der Waals surface area contributed by atoms with Crippen LogP contribution in [-0.4, -0.2) is 17.3 Å². The third-order valence-corrected chi connectivity index (χ3v) is 6.73. The Balaban J connectivity index is 1.62. The Morgan fingerprint density at radius 3 is 2.59 bits per heavy atom. The lowest BCUT2D eigenvalue weighted by molar-refractivity contribution is -0.113. The maximum atomic E-state index is 13.2. The van der Waals surface area contributed by atoms with Crippen LogP contribution in [0.5, 0.6) is 11.5 Å². The summed E-state index contributed by atoms with van der Waals surface area (Å²) in [5, 5.41) is 0.676. The van der Waals surface area contributed by atoms with Gasteiger partial charge in [-0.3, -0.25) is 9.69 Å². The fourth-order valence-electron chi connectivity index (χ4n) is 3.14. The number of hydrogen-bond donors (Lipinski definition) is 0. The van der Waals surface area contributed by atoms with Gasteiger partial charge in [-0.2, -0.15) is 0 Å². The van der Waals surface area contributed by atoms with Gasteiger partial charge in [0.05, 0.1) is 17.7 Å². The monoisotopic (exact) mass is 545 g/mol. The molecule has 3 aromatic carbocycles. The molecule has 8 heteroatoms. The molecule has 1 amide bonds. The van der Waals surface area contributed by atoms with Crippen LogP contribution in [0.1, 0.15) is 11.1 Å². The van der Waals surface area contributed by atoms with Crippen molar-refractivity contribution in [3.05, 3.63) is 92.3 Å². The highest BCUT2D eigenvalue weighted by Crippen LogP contribution is 2.40. The van der Waals surface area contributed by atoms with E-state index in [1.54, 1.807) is 19.3 Å². The van der Waals surface area contributed by atoms with Crippen molar-refractivity contribution >= 4 is 73.5 Å². The number of methoxy groups -OCH3 is 1. The SMILES string of the molecule is COc1ccccc1N1C(=O)/C(=C\c2cc(Br)ccc2OCc2ccc(Cl)cc2)SC1=S. The number of nitrogens with zero attached hydrogens (tertiary/aromatic N) is 1. The number of para-hydroxylation sites is 2. The molecule has 1 saturated heterocycles. The van der Waals surface area contributed by atoms with Crippen LogP contribution in [0.25, 0.3) is 6.08 Å². The standard InChI is InChI=1S/C24H17BrClNO3S2/c1-29-21-5-3-2-4-19(21)27-23(28)22(32-24(27)31)13-16-12-17(25)8-11-20(16)30-14-15-6-9-18(26)10-7-15/h2-13H,14H2,1H3/b22-13+. The minimum absolute atomic E-state index is 0.201. The lowest BCUT2D eigenvalue weighted by atomic mass is 10.1. The molecule has 0 atom stereocenters. The number of benzene rings is 3. The highest BCUT2D eigenvalue weighted by molar-refractivity contribution is 9.10. The molecule has 0 radical (unpaired) electrons. The van der Waals surface area contributed by atoms with Gasteiger partial charge in [0.25, 0.3) is 5.91 Å². The highest BCUT2D eigenvalue weighted by Gasteiger charge is 2.35. The maximum Gasteiger partial charge on any atom is 0.270 e. The first-order valence-corrected chi connectivity index (χ1v) is 11.9. The van der Waals surface area contributed by atoms with E-state index in [2.05, 4.69) is 15.9 Å². The number of halogens is 2. The zero-order valence-electron chi connectivity index (χ0n) is 16.9. The number of anilines is 1. The first-order chi connectivity index (χ1) is 15.5. The molecule has 1 aliphatic rings. The molecule has 0 spiro atoms. The van der Waals surface area contributed by atoms with Crippen molar-refractivity contribution in [2.24, 2.45) is 0 Å². The molecule has 0 unspecified atom stereocenters. The topological polar surface area (TPSA) is 38.8 Å². The second-order valence-corrected chi connectivity index (χ2v) is 9.81. The van der Waals surface area contributed by atoms with E-state index >= 15 is 0 Å². The summed E-state index contributed by atoms with van der Waals surface area (Å²) in [6, 6.07) is 20.5. The summed E-state index contributed by atoms with van der Waals surface area (Å²) in [6.45, 7) is 0.377. The zero-order chi connectivity index (χ0) is 22.7. The molecular weight excluding hydrogens is 530 g/mol. The van der Waals surface area contributed by atoms with Gasteiger partial charge in [-0.25, -0.2) is 0 Å². The summed E-state index contributed by atoms with van der Waals surface area (Å²) in [4.78, 5) is 15.2. The van der Waals surface area contributed by atoms with Gasteiger partial charge in [0, 0.05) is 15.1 Å². The summed E-state index contributed by atoms with van der Waals surface area (Å²) >= 11 is 16.2. The van der Waals surface area contributed by atoms with Crippen molar-refractivity contribution in [2.75, 3.05) is 12.0 Å². The molecule has 0 N–H and O–H groups in total. The van der Waals surface area contributed by atoms with Gasteiger partial charge in [-0.15, -0.1) is 0 Å². The largest absolute Gasteiger partial charge is 0.495 e. The number of thioether (sulfide) groups is 1. The average Bonchev–Trinajstić information content (AvgIpc) is 3.07. The van der Waals surface area contributed by atoms with Crippen LogP contribution in [0.2, 0.25) is 5.02 Å². The van der Waals surface area contributed by atoms with E-state index in [-0.39, 0.29) is 5.91 Å². The van der Waals surface area contributed by atoms with Gasteiger partial charge in [0.1, 0.15) is 18.1 Å². The fraction of sp³-hybridized carbons (Fsp3) is 0.0833. The smallest absolute Gasteiger partial charge is 0.270 e. The Labute approximate surface area is 209 Å². The summed E-state index contributed by atoms with van der Waals surface area (Å²) in [5.74, 6) is 1.04. The number of amides is 1. The van der Waals surface area contributed by atoms with E-state index in [4.69, 9.17) is 33.3 Å². The van der Waals surface area contributed by atoms with Gasteiger partial charge < -0.3 is 9.47 Å². The molecule has 4 nitrogen and oxygen atoms in total. The van der Waals surface area contributed by atoms with E-state index in [0.717, 1.165) is 15.6 Å². The van der Waals surface area contributed by atoms with E-state index in [9.17, 15) is 4.79 Å². The Hall–Kier alpha value is -2.32. The maximum absolute atomic E-state index is 13.2. The van der Waals surface area contributed by atoms with Crippen LogP contribution in [-0.2, 0) is 11.4 Å². The second kappa shape index (κ2) is 10.1. The lowest BCUT2D eigenvalue weighted by Gasteiger charge is -2.17. The Bertz CT molecular complexity index is 1210. The number of carbonyl (C=O) groups is 1. The molecule has 0 bridgehead atoms. The zero-order valence-corrected chi connectivity index (χ0v) is 20.9. The molecule has 32 heavy (non-hydrogen) atoms. The molecule has 0 aromatic heterocycles. The molecule has 162 valence electrons. The predicted molar refractivity (Wildman–Crippen MR) is 139 cm³/mol. The van der Waals surface area contributed by atoms with Crippen molar-refractivity contribution in [2.45, 2.75) is 6.61 Å². The first kappa shape index (κ1) is 22.9. The van der Waals surface area contributed by atoms with E-state index in [1.807, 2.05) is 60.7 Å². The van der Waals surface area contributed by atoms with Gasteiger partial charge in [-0.1, -0.05) is 75.8 Å². The third kappa shape index (κ3) is 5.02.